The molecule has 1 aromatic carbocycles. The van der Waals surface area contributed by atoms with E-state index in [9.17, 15) is 15.6 Å². The summed E-state index contributed by atoms with van der Waals surface area (Å²) in [6.45, 7) is 15.6. The molecule has 6 N–H and O–H groups in total. The van der Waals surface area contributed by atoms with Crippen molar-refractivity contribution < 1.29 is 19.7 Å². The highest BCUT2D eigenvalue weighted by Gasteiger charge is 2.66. The lowest BCUT2D eigenvalue weighted by molar-refractivity contribution is -0.249. The van der Waals surface area contributed by atoms with Crippen LogP contribution in [0.25, 0.3) is 15.8 Å². The van der Waals surface area contributed by atoms with Crippen LogP contribution in [0.15, 0.2) is 76.2 Å². The third-order valence-corrected chi connectivity index (χ3v) is 14.5. The molecule has 4 atom stereocenters. The van der Waals surface area contributed by atoms with Gasteiger partial charge in [-0.25, -0.2) is 9.98 Å². The highest BCUT2D eigenvalue weighted by molar-refractivity contribution is 7.22. The summed E-state index contributed by atoms with van der Waals surface area (Å²) in [7, 11) is 0. The zero-order valence-electron chi connectivity index (χ0n) is 34.2. The number of hydrogen-bond acceptors (Lipinski definition) is 11. The molecule has 2 aromatic heterocycles. The Morgan fingerprint density at radius 1 is 1.05 bits per heavy atom. The lowest BCUT2D eigenvalue weighted by Gasteiger charge is -2.69. The minimum absolute atomic E-state index is 0.0653. The first-order valence-electron chi connectivity index (χ1n) is 20.8. The molecule has 6 fully saturated rings. The summed E-state index contributed by atoms with van der Waals surface area (Å²) in [5.41, 5.74) is 12.0. The van der Waals surface area contributed by atoms with E-state index < -0.39 is 5.95 Å². The van der Waals surface area contributed by atoms with Crippen LogP contribution in [0.5, 0.6) is 0 Å². The first kappa shape index (κ1) is 39.0. The highest BCUT2D eigenvalue weighted by Crippen LogP contribution is 2.72. The Morgan fingerprint density at radius 2 is 1.81 bits per heavy atom. The number of piperidine rings is 1. The van der Waals surface area contributed by atoms with E-state index in [1.165, 1.54) is 17.8 Å². The lowest BCUT2D eigenvalue weighted by Crippen LogP contribution is -2.64. The van der Waals surface area contributed by atoms with Crippen molar-refractivity contribution >= 4 is 43.9 Å². The Morgan fingerprint density at radius 3 is 2.55 bits per heavy atom. The SMILES string of the molecule is CC(=C1\CCCN(C2=CC=C(c3cnn(CC45CC6(OCCN7CCOCC7)C[C@](C)(C4)C[C@](C)(C5)C6)c3C)C(=C(O)O)N2)C1=N)/C(N)=N\c1nc2ccccc2s1. The predicted octanol–water partition coefficient (Wildman–Crippen LogP) is 7.46. The van der Waals surface area contributed by atoms with Crippen LogP contribution >= 0.6 is 11.3 Å². The van der Waals surface area contributed by atoms with Gasteiger partial charge in [0.1, 0.15) is 23.2 Å². The largest absolute Gasteiger partial charge is 0.480 e. The number of nitrogens with two attached hydrogens (primary N) is 1. The van der Waals surface area contributed by atoms with Crippen LogP contribution < -0.4 is 11.1 Å². The monoisotopic (exact) mass is 807 g/mol. The second-order valence-corrected chi connectivity index (χ2v) is 19.6. The van der Waals surface area contributed by atoms with Gasteiger partial charge in [0.05, 0.1) is 41.8 Å². The number of nitrogens with one attached hydrogen (secondary N) is 2. The lowest BCUT2D eigenvalue weighted by atomic mass is 9.39. The quantitative estimate of drug-likeness (QED) is 0.0788. The molecule has 4 aliphatic carbocycles. The zero-order chi connectivity index (χ0) is 40.5. The molecule has 3 aromatic rings. The maximum Gasteiger partial charge on any atom is 0.299 e. The molecular weight excluding hydrogens is 751 g/mol. The molecule has 5 heterocycles. The van der Waals surface area contributed by atoms with Crippen LogP contribution in [0.4, 0.5) is 5.13 Å². The molecule has 4 bridgehead atoms. The number of nitrogens with zero attached hydrogens (tertiary/aromatic N) is 6. The summed E-state index contributed by atoms with van der Waals surface area (Å²) in [5.74, 6) is 0.390. The molecular formula is C44H57N9O4S. The number of aromatic nitrogens is 3. The second-order valence-electron chi connectivity index (χ2n) is 18.6. The average Bonchev–Trinajstić information content (AvgIpc) is 3.74. The minimum Gasteiger partial charge on any atom is -0.480 e. The number of aliphatic hydroxyl groups excluding tert-OH is 1. The molecule has 3 aliphatic heterocycles. The van der Waals surface area contributed by atoms with E-state index in [1.54, 1.807) is 0 Å². The number of ether oxygens (including phenoxy) is 2. The molecule has 13 nitrogen and oxygen atoms in total. The summed E-state index contributed by atoms with van der Waals surface area (Å²) >= 11 is 1.48. The van der Waals surface area contributed by atoms with Crippen molar-refractivity contribution in [2.75, 3.05) is 46.0 Å². The van der Waals surface area contributed by atoms with Gasteiger partial charge >= 0.3 is 0 Å². The van der Waals surface area contributed by atoms with Gasteiger partial charge in [-0.3, -0.25) is 15.0 Å². The summed E-state index contributed by atoms with van der Waals surface area (Å²) in [4.78, 5) is 13.5. The first-order valence-corrected chi connectivity index (χ1v) is 21.6. The fraction of sp³-hybridized carbons (Fsp3) is 0.545. The van der Waals surface area contributed by atoms with Crippen LogP contribution in [0.3, 0.4) is 0 Å². The van der Waals surface area contributed by atoms with Crippen molar-refractivity contribution in [2.45, 2.75) is 91.2 Å². The fourth-order valence-corrected chi connectivity index (χ4v) is 13.1. The Bertz CT molecular complexity index is 2240. The number of amidine groups is 2. The third-order valence-electron chi connectivity index (χ3n) is 13.6. The number of aliphatic hydroxyl groups is 2. The van der Waals surface area contributed by atoms with E-state index in [0.717, 1.165) is 117 Å². The van der Waals surface area contributed by atoms with Gasteiger partial charge in [0.25, 0.3) is 5.95 Å². The van der Waals surface area contributed by atoms with Gasteiger partial charge in [-0.05, 0) is 111 Å². The van der Waals surface area contributed by atoms with E-state index in [-0.39, 0.29) is 27.5 Å². The van der Waals surface area contributed by atoms with E-state index in [4.69, 9.17) is 20.3 Å². The Hall–Kier alpha value is -4.50. The van der Waals surface area contributed by atoms with Crippen molar-refractivity contribution in [3.63, 3.8) is 0 Å². The standard InChI is InChI=1S/C44H57N9O4S/c1-28(37(45)50-40-48-33-9-5-6-10-34(33)58-40)30-8-7-13-52(38(30)46)35-12-11-31(36(49-35)39(54)55)32-20-47-53(29(32)2)27-43-22-41(3)21-42(4,23-43)25-44(24-41,26-43)57-19-16-51-14-17-56-18-15-51/h5-6,9-12,20,46,49,54-55H,7-8,13-19,21-27H2,1-4H3,(H2,45,48,50)/b30-28-,46-38?/t41-,42+,43?,44?. The summed E-state index contributed by atoms with van der Waals surface area (Å²) in [6.07, 6.45) is 14.0. The number of rotatable bonds is 10. The second kappa shape index (κ2) is 14.6. The number of aliphatic imine (C=N–C) groups is 1. The van der Waals surface area contributed by atoms with Crippen molar-refractivity contribution in [1.82, 2.24) is 29.9 Å². The van der Waals surface area contributed by atoms with E-state index in [0.29, 0.717) is 41.2 Å². The molecule has 14 heteroatoms. The van der Waals surface area contributed by atoms with Crippen molar-refractivity contribution in [2.24, 2.45) is 27.0 Å². The normalized spacial score (nSPS) is 31.1. The van der Waals surface area contributed by atoms with Crippen molar-refractivity contribution in [3.05, 3.63) is 82.5 Å². The van der Waals surface area contributed by atoms with Gasteiger partial charge < -0.3 is 35.6 Å². The maximum atomic E-state index is 10.7. The number of morpholine rings is 1. The van der Waals surface area contributed by atoms with E-state index >= 15 is 0 Å². The summed E-state index contributed by atoms with van der Waals surface area (Å²) in [5, 5.41) is 39.4. The Balaban J connectivity index is 0.943. The van der Waals surface area contributed by atoms with Crippen LogP contribution in [-0.4, -0.2) is 98.0 Å². The molecule has 0 spiro atoms. The fourth-order valence-electron chi connectivity index (χ4n) is 12.3. The molecule has 0 amide bonds. The van der Waals surface area contributed by atoms with Gasteiger partial charge in [-0.1, -0.05) is 37.3 Å². The number of benzene rings is 1. The van der Waals surface area contributed by atoms with Crippen molar-refractivity contribution in [1.29, 1.82) is 5.41 Å². The smallest absolute Gasteiger partial charge is 0.299 e. The number of allylic oxidation sites excluding steroid dienone is 3. The first-order chi connectivity index (χ1) is 27.7. The number of para-hydroxylation sites is 1. The maximum absolute atomic E-state index is 10.7. The molecule has 7 aliphatic rings. The van der Waals surface area contributed by atoms with Crippen LogP contribution in [-0.2, 0) is 16.0 Å². The Labute approximate surface area is 344 Å². The Kier molecular flexibility index (Phi) is 9.85. The molecule has 10 rings (SSSR count). The minimum atomic E-state index is -0.815. The molecule has 58 heavy (non-hydrogen) atoms. The topological polar surface area (TPSA) is 170 Å². The zero-order valence-corrected chi connectivity index (χ0v) is 35.1. The molecule has 0 radical (unpaired) electrons. The van der Waals surface area contributed by atoms with Gasteiger partial charge in [-0.2, -0.15) is 5.10 Å². The highest BCUT2D eigenvalue weighted by atomic mass is 32.1. The van der Waals surface area contributed by atoms with Crippen LogP contribution in [0.2, 0.25) is 0 Å². The molecule has 308 valence electrons. The number of dihydropyridines is 1. The van der Waals surface area contributed by atoms with Gasteiger partial charge in [0.15, 0.2) is 0 Å². The third kappa shape index (κ3) is 7.26. The average molecular weight is 808 g/mol. The van der Waals surface area contributed by atoms with Gasteiger partial charge in [0.2, 0.25) is 5.13 Å². The van der Waals surface area contributed by atoms with E-state index in [2.05, 4.69) is 45.6 Å². The van der Waals surface area contributed by atoms with E-state index in [1.807, 2.05) is 54.4 Å². The number of hydrogen-bond donors (Lipinski definition) is 5. The summed E-state index contributed by atoms with van der Waals surface area (Å²) < 4.78 is 15.8. The van der Waals surface area contributed by atoms with Gasteiger partial charge in [-0.15, -0.1) is 0 Å². The number of thiazole rings is 1. The van der Waals surface area contributed by atoms with Gasteiger partial charge in [0, 0.05) is 55.1 Å². The summed E-state index contributed by atoms with van der Waals surface area (Å²) in [6, 6.07) is 7.89. The number of likely N-dealkylation sites (tertiary alicyclic amines) is 1. The van der Waals surface area contributed by atoms with Crippen LogP contribution in [0.1, 0.15) is 83.4 Å². The predicted molar refractivity (Wildman–Crippen MR) is 228 cm³/mol. The van der Waals surface area contributed by atoms with Crippen molar-refractivity contribution in [3.8, 4) is 0 Å². The molecule has 2 unspecified atom stereocenters. The molecule has 2 saturated heterocycles. The number of fused-ring (bicyclic) bond motifs is 1. The molecule has 4 saturated carbocycles. The van der Waals surface area contributed by atoms with Crippen LogP contribution in [0, 0.1) is 28.6 Å².